The quantitative estimate of drug-likeness (QED) is 0.476. The molecule has 1 N–H and O–H groups in total. The number of furan rings is 1. The van der Waals surface area contributed by atoms with E-state index in [4.69, 9.17) is 9.15 Å². The molecule has 1 heterocycles. The van der Waals surface area contributed by atoms with E-state index in [2.05, 4.69) is 27.8 Å². The number of nitrogens with one attached hydrogen (secondary N) is 1. The molecule has 1 amide bonds. The number of amides is 1. The molecule has 0 radical (unpaired) electrons. The van der Waals surface area contributed by atoms with Crippen LogP contribution in [0, 0.1) is 0 Å². The van der Waals surface area contributed by atoms with E-state index in [1.165, 1.54) is 18.4 Å². The second-order valence-electron chi connectivity index (χ2n) is 4.39. The maximum Gasteiger partial charge on any atom is 0.355 e. The molecule has 2 rings (SSSR count). The van der Waals surface area contributed by atoms with Crippen molar-refractivity contribution in [1.82, 2.24) is 5.32 Å². The maximum absolute atomic E-state index is 12.3. The fourth-order valence-electron chi connectivity index (χ4n) is 1.71. The normalized spacial score (nSPS) is 10.9. The number of ether oxygens (including phenoxy) is 1. The zero-order valence-electron chi connectivity index (χ0n) is 12.1. The van der Waals surface area contributed by atoms with Gasteiger partial charge in [-0.3, -0.25) is 4.79 Å². The molecule has 2 aromatic rings. The monoisotopic (exact) mass is 375 g/mol. The summed E-state index contributed by atoms with van der Waals surface area (Å²) in [5.41, 5.74) is 0.372. The third kappa shape index (κ3) is 4.69. The SMILES string of the molecule is C=CCOC(=O)/C(=C/c1ccco1)NC(=O)c1ccccc1Br. The van der Waals surface area contributed by atoms with Crippen LogP contribution >= 0.6 is 15.9 Å². The van der Waals surface area contributed by atoms with Gasteiger partial charge in [-0.2, -0.15) is 0 Å². The molecule has 0 fully saturated rings. The summed E-state index contributed by atoms with van der Waals surface area (Å²) in [6.45, 7) is 3.52. The van der Waals surface area contributed by atoms with E-state index in [0.717, 1.165) is 0 Å². The number of benzene rings is 1. The predicted octanol–water partition coefficient (Wildman–Crippen LogP) is 3.54. The Balaban J connectivity index is 2.24. The van der Waals surface area contributed by atoms with Crippen molar-refractivity contribution < 1.29 is 18.7 Å². The van der Waals surface area contributed by atoms with E-state index in [0.29, 0.717) is 15.8 Å². The highest BCUT2D eigenvalue weighted by Crippen LogP contribution is 2.16. The number of carbonyl (C=O) groups is 2. The zero-order chi connectivity index (χ0) is 16.7. The standard InChI is InChI=1S/C17H14BrNO4/c1-2-9-23-17(21)15(11-12-6-5-10-22-12)19-16(20)13-7-3-4-8-14(13)18/h2-8,10-11H,1,9H2,(H,19,20)/b15-11-. The largest absolute Gasteiger partial charge is 0.465 e. The maximum atomic E-state index is 12.3. The van der Waals surface area contributed by atoms with E-state index in [1.807, 2.05) is 0 Å². The van der Waals surface area contributed by atoms with Crippen molar-refractivity contribution in [3.05, 3.63) is 76.8 Å². The minimum atomic E-state index is -0.679. The van der Waals surface area contributed by atoms with Crippen LogP contribution < -0.4 is 5.32 Å². The Hall–Kier alpha value is -2.60. The number of carbonyl (C=O) groups excluding carboxylic acids is 2. The smallest absolute Gasteiger partial charge is 0.355 e. The fraction of sp³-hybridized carbons (Fsp3) is 0.0588. The number of hydrogen-bond donors (Lipinski definition) is 1. The van der Waals surface area contributed by atoms with Gasteiger partial charge in [-0.05, 0) is 40.2 Å². The Morgan fingerprint density at radius 3 is 2.70 bits per heavy atom. The minimum absolute atomic E-state index is 0.0254. The average molecular weight is 376 g/mol. The Bertz CT molecular complexity index is 735. The van der Waals surface area contributed by atoms with Gasteiger partial charge in [0.25, 0.3) is 5.91 Å². The van der Waals surface area contributed by atoms with E-state index in [1.54, 1.807) is 36.4 Å². The van der Waals surface area contributed by atoms with E-state index >= 15 is 0 Å². The molecular weight excluding hydrogens is 362 g/mol. The Morgan fingerprint density at radius 1 is 1.26 bits per heavy atom. The van der Waals surface area contributed by atoms with E-state index < -0.39 is 11.9 Å². The average Bonchev–Trinajstić information content (AvgIpc) is 3.05. The lowest BCUT2D eigenvalue weighted by Crippen LogP contribution is -2.28. The fourth-order valence-corrected chi connectivity index (χ4v) is 2.17. The summed E-state index contributed by atoms with van der Waals surface area (Å²) in [7, 11) is 0. The van der Waals surface area contributed by atoms with Gasteiger partial charge in [-0.1, -0.05) is 24.8 Å². The van der Waals surface area contributed by atoms with Crippen molar-refractivity contribution in [3.8, 4) is 0 Å². The van der Waals surface area contributed by atoms with Crippen LogP contribution in [0.5, 0.6) is 0 Å². The lowest BCUT2D eigenvalue weighted by Gasteiger charge is -2.10. The molecule has 0 unspecified atom stereocenters. The van der Waals surface area contributed by atoms with Crippen LogP contribution in [0.4, 0.5) is 0 Å². The van der Waals surface area contributed by atoms with Crippen LogP contribution in [-0.4, -0.2) is 18.5 Å². The van der Waals surface area contributed by atoms with Crippen LogP contribution in [0.25, 0.3) is 6.08 Å². The second kappa shape index (κ2) is 8.14. The molecule has 0 aliphatic carbocycles. The molecule has 6 heteroatoms. The highest BCUT2D eigenvalue weighted by molar-refractivity contribution is 9.10. The molecule has 23 heavy (non-hydrogen) atoms. The molecule has 0 saturated carbocycles. The lowest BCUT2D eigenvalue weighted by molar-refractivity contribution is -0.138. The van der Waals surface area contributed by atoms with Gasteiger partial charge in [-0.15, -0.1) is 0 Å². The van der Waals surface area contributed by atoms with Crippen molar-refractivity contribution in [2.75, 3.05) is 6.61 Å². The van der Waals surface area contributed by atoms with Gasteiger partial charge < -0.3 is 14.5 Å². The first-order valence-corrected chi connectivity index (χ1v) is 7.50. The summed E-state index contributed by atoms with van der Waals surface area (Å²) in [5.74, 6) is -0.699. The predicted molar refractivity (Wildman–Crippen MR) is 89.4 cm³/mol. The summed E-state index contributed by atoms with van der Waals surface area (Å²) in [6.07, 6.45) is 4.31. The molecule has 5 nitrogen and oxygen atoms in total. The number of halogens is 1. The van der Waals surface area contributed by atoms with E-state index in [-0.39, 0.29) is 12.3 Å². The van der Waals surface area contributed by atoms with Crippen LogP contribution in [0.3, 0.4) is 0 Å². The number of esters is 1. The molecule has 0 aliphatic heterocycles. The van der Waals surface area contributed by atoms with Crippen LogP contribution in [0.2, 0.25) is 0 Å². The molecule has 0 saturated heterocycles. The zero-order valence-corrected chi connectivity index (χ0v) is 13.7. The van der Waals surface area contributed by atoms with Gasteiger partial charge in [-0.25, -0.2) is 4.79 Å². The first kappa shape index (κ1) is 16.8. The molecule has 1 aromatic carbocycles. The molecule has 118 valence electrons. The van der Waals surface area contributed by atoms with Gasteiger partial charge in [0.1, 0.15) is 18.1 Å². The molecular formula is C17H14BrNO4. The van der Waals surface area contributed by atoms with Gasteiger partial charge in [0, 0.05) is 10.5 Å². The summed E-state index contributed by atoms with van der Waals surface area (Å²) in [5, 5.41) is 2.54. The van der Waals surface area contributed by atoms with Crippen LogP contribution in [0.1, 0.15) is 16.1 Å². The molecule has 1 aromatic heterocycles. The molecule has 0 atom stereocenters. The van der Waals surface area contributed by atoms with Crippen LogP contribution in [0.15, 0.2) is 69.9 Å². The third-order valence-corrected chi connectivity index (χ3v) is 3.44. The lowest BCUT2D eigenvalue weighted by atomic mass is 10.2. The van der Waals surface area contributed by atoms with Gasteiger partial charge >= 0.3 is 5.97 Å². The first-order valence-electron chi connectivity index (χ1n) is 6.71. The molecule has 0 aliphatic rings. The van der Waals surface area contributed by atoms with Crippen LogP contribution in [-0.2, 0) is 9.53 Å². The van der Waals surface area contributed by atoms with Crippen molar-refractivity contribution in [3.63, 3.8) is 0 Å². The van der Waals surface area contributed by atoms with Crippen molar-refractivity contribution in [2.45, 2.75) is 0 Å². The van der Waals surface area contributed by atoms with Gasteiger partial charge in [0.05, 0.1) is 11.8 Å². The number of hydrogen-bond acceptors (Lipinski definition) is 4. The first-order chi connectivity index (χ1) is 11.1. The van der Waals surface area contributed by atoms with E-state index in [9.17, 15) is 9.59 Å². The third-order valence-electron chi connectivity index (χ3n) is 2.75. The Labute approximate surface area is 141 Å². The summed E-state index contributed by atoms with van der Waals surface area (Å²) in [6, 6.07) is 10.2. The van der Waals surface area contributed by atoms with Gasteiger partial charge in [0.15, 0.2) is 0 Å². The topological polar surface area (TPSA) is 68.5 Å². The summed E-state index contributed by atoms with van der Waals surface area (Å²) >= 11 is 3.30. The highest BCUT2D eigenvalue weighted by atomic mass is 79.9. The van der Waals surface area contributed by atoms with Crippen molar-refractivity contribution >= 4 is 33.9 Å². The second-order valence-corrected chi connectivity index (χ2v) is 5.25. The minimum Gasteiger partial charge on any atom is -0.465 e. The summed E-state index contributed by atoms with van der Waals surface area (Å²) in [4.78, 5) is 24.4. The molecule has 0 bridgehead atoms. The molecule has 0 spiro atoms. The Kier molecular flexibility index (Phi) is 5.94. The number of rotatable bonds is 6. The summed E-state index contributed by atoms with van der Waals surface area (Å²) < 4.78 is 10.8. The van der Waals surface area contributed by atoms with Crippen molar-refractivity contribution in [1.29, 1.82) is 0 Å². The van der Waals surface area contributed by atoms with Gasteiger partial charge in [0.2, 0.25) is 0 Å². The highest BCUT2D eigenvalue weighted by Gasteiger charge is 2.17. The van der Waals surface area contributed by atoms with Crippen molar-refractivity contribution in [2.24, 2.45) is 0 Å². The Morgan fingerprint density at radius 2 is 2.04 bits per heavy atom.